The second kappa shape index (κ2) is 9.21. The minimum absolute atomic E-state index is 0.0269. The number of aromatic nitrogens is 1. The number of carbonyl (C=O) groups is 2. The predicted molar refractivity (Wildman–Crippen MR) is 123 cm³/mol. The van der Waals surface area contributed by atoms with Gasteiger partial charge in [-0.25, -0.2) is 9.78 Å². The highest BCUT2D eigenvalue weighted by Crippen LogP contribution is 2.35. The number of benzene rings is 2. The molecular weight excluding hydrogens is 465 g/mol. The van der Waals surface area contributed by atoms with Gasteiger partial charge in [-0.2, -0.15) is 13.2 Å². The van der Waals surface area contributed by atoms with Gasteiger partial charge in [-0.3, -0.25) is 4.79 Å². The SMILES string of the molecule is Cc1ccc(C2CCCN(C(=O)c3sc(-c4ccc(C(F)(F)F)cc4)nc3C)C2)cc1C(=O)O. The number of halogens is 3. The zero-order valence-corrected chi connectivity index (χ0v) is 19.5. The van der Waals surface area contributed by atoms with Gasteiger partial charge in [0.1, 0.15) is 9.88 Å². The Labute approximate surface area is 198 Å². The van der Waals surface area contributed by atoms with Crippen LogP contribution in [0.2, 0.25) is 0 Å². The number of rotatable bonds is 4. The summed E-state index contributed by atoms with van der Waals surface area (Å²) < 4.78 is 38.5. The van der Waals surface area contributed by atoms with Gasteiger partial charge in [0.15, 0.2) is 0 Å². The van der Waals surface area contributed by atoms with E-state index in [0.29, 0.717) is 39.8 Å². The molecule has 4 rings (SSSR count). The maximum absolute atomic E-state index is 13.3. The van der Waals surface area contributed by atoms with Crippen molar-refractivity contribution in [2.45, 2.75) is 38.8 Å². The van der Waals surface area contributed by atoms with Crippen LogP contribution in [0, 0.1) is 13.8 Å². The highest BCUT2D eigenvalue weighted by atomic mass is 32.1. The maximum atomic E-state index is 13.3. The van der Waals surface area contributed by atoms with Crippen molar-refractivity contribution in [2.75, 3.05) is 13.1 Å². The number of carboxylic acid groups (broad SMARTS) is 1. The van der Waals surface area contributed by atoms with E-state index < -0.39 is 17.7 Å². The number of piperidine rings is 1. The van der Waals surface area contributed by atoms with E-state index in [4.69, 9.17) is 0 Å². The molecule has 0 radical (unpaired) electrons. The molecule has 1 atom stereocenters. The van der Waals surface area contributed by atoms with Crippen LogP contribution in [0.5, 0.6) is 0 Å². The fourth-order valence-corrected chi connectivity index (χ4v) is 5.26. The summed E-state index contributed by atoms with van der Waals surface area (Å²) in [6.45, 7) is 4.52. The van der Waals surface area contributed by atoms with Crippen LogP contribution in [0.4, 0.5) is 13.2 Å². The minimum Gasteiger partial charge on any atom is -0.478 e. The third-order valence-electron chi connectivity index (χ3n) is 6.12. The summed E-state index contributed by atoms with van der Waals surface area (Å²) in [5.74, 6) is -1.11. The van der Waals surface area contributed by atoms with Gasteiger partial charge in [0.05, 0.1) is 16.8 Å². The van der Waals surface area contributed by atoms with Crippen molar-refractivity contribution < 1.29 is 27.9 Å². The van der Waals surface area contributed by atoms with Crippen molar-refractivity contribution in [3.63, 3.8) is 0 Å². The standard InChI is InChI=1S/C25H23F3N2O3S/c1-14-5-6-17(12-20(14)24(32)33)18-4-3-11-30(13-18)23(31)21-15(2)29-22(34-21)16-7-9-19(10-8-16)25(26,27)28/h5-10,12,18H,3-4,11,13H2,1-2H3,(H,32,33). The Hall–Kier alpha value is -3.20. The Kier molecular flexibility index (Phi) is 6.49. The number of carboxylic acids is 1. The summed E-state index contributed by atoms with van der Waals surface area (Å²) in [5, 5.41) is 9.93. The van der Waals surface area contributed by atoms with Crippen molar-refractivity contribution >= 4 is 23.2 Å². The fourth-order valence-electron chi connectivity index (χ4n) is 4.22. The highest BCUT2D eigenvalue weighted by Gasteiger charge is 2.31. The van der Waals surface area contributed by atoms with Gasteiger partial charge in [-0.05, 0) is 56.0 Å². The average Bonchev–Trinajstić information content (AvgIpc) is 3.20. The van der Waals surface area contributed by atoms with Crippen LogP contribution in [0.3, 0.4) is 0 Å². The first-order valence-corrected chi connectivity index (χ1v) is 11.6. The third-order valence-corrected chi connectivity index (χ3v) is 7.32. The number of hydrogen-bond donors (Lipinski definition) is 1. The fraction of sp³-hybridized carbons (Fsp3) is 0.320. The Morgan fingerprint density at radius 3 is 2.47 bits per heavy atom. The van der Waals surface area contributed by atoms with Crippen LogP contribution in [0.15, 0.2) is 42.5 Å². The first kappa shape index (κ1) is 23.9. The van der Waals surface area contributed by atoms with Crippen molar-refractivity contribution in [2.24, 2.45) is 0 Å². The van der Waals surface area contributed by atoms with E-state index in [9.17, 15) is 27.9 Å². The monoisotopic (exact) mass is 488 g/mol. The summed E-state index contributed by atoms with van der Waals surface area (Å²) in [6.07, 6.45) is -2.77. The molecule has 1 aliphatic rings. The molecule has 0 bridgehead atoms. The van der Waals surface area contributed by atoms with E-state index in [1.165, 1.54) is 23.5 Å². The lowest BCUT2D eigenvalue weighted by Crippen LogP contribution is -2.39. The van der Waals surface area contributed by atoms with Crippen molar-refractivity contribution in [1.29, 1.82) is 0 Å². The lowest BCUT2D eigenvalue weighted by atomic mass is 9.88. The molecule has 34 heavy (non-hydrogen) atoms. The zero-order chi connectivity index (χ0) is 24.6. The third kappa shape index (κ3) is 4.84. The van der Waals surface area contributed by atoms with Crippen LogP contribution in [0.25, 0.3) is 10.6 Å². The van der Waals surface area contributed by atoms with E-state index in [0.717, 1.165) is 30.5 Å². The summed E-state index contributed by atoms with van der Waals surface area (Å²) >= 11 is 1.17. The molecule has 3 aromatic rings. The number of amides is 1. The van der Waals surface area contributed by atoms with Crippen molar-refractivity contribution in [1.82, 2.24) is 9.88 Å². The molecule has 178 valence electrons. The minimum atomic E-state index is -4.41. The van der Waals surface area contributed by atoms with Gasteiger partial charge in [0, 0.05) is 24.6 Å². The van der Waals surface area contributed by atoms with Gasteiger partial charge in [0.2, 0.25) is 0 Å². The number of alkyl halides is 3. The number of nitrogens with zero attached hydrogens (tertiary/aromatic N) is 2. The number of aryl methyl sites for hydroxylation is 2. The number of thiazole rings is 1. The van der Waals surface area contributed by atoms with Gasteiger partial charge < -0.3 is 10.0 Å². The summed E-state index contributed by atoms with van der Waals surface area (Å²) in [6, 6.07) is 10.2. The lowest BCUT2D eigenvalue weighted by Gasteiger charge is -2.33. The van der Waals surface area contributed by atoms with Gasteiger partial charge in [-0.15, -0.1) is 11.3 Å². The van der Waals surface area contributed by atoms with Crippen LogP contribution in [0.1, 0.15) is 61.2 Å². The molecule has 9 heteroatoms. The maximum Gasteiger partial charge on any atom is 0.416 e. The molecule has 1 amide bonds. The predicted octanol–water partition coefficient (Wildman–Crippen LogP) is 6.16. The average molecular weight is 489 g/mol. The van der Waals surface area contributed by atoms with Crippen LogP contribution >= 0.6 is 11.3 Å². The topological polar surface area (TPSA) is 70.5 Å². The molecule has 1 fully saturated rings. The Morgan fingerprint density at radius 2 is 1.82 bits per heavy atom. The number of carbonyl (C=O) groups excluding carboxylic acids is 1. The lowest BCUT2D eigenvalue weighted by molar-refractivity contribution is -0.137. The molecule has 1 aliphatic heterocycles. The molecule has 0 aliphatic carbocycles. The Morgan fingerprint density at radius 1 is 1.12 bits per heavy atom. The number of hydrogen-bond acceptors (Lipinski definition) is 4. The molecule has 2 aromatic carbocycles. The van der Waals surface area contributed by atoms with Crippen LogP contribution in [-0.2, 0) is 6.18 Å². The zero-order valence-electron chi connectivity index (χ0n) is 18.6. The van der Waals surface area contributed by atoms with E-state index in [-0.39, 0.29) is 17.4 Å². The van der Waals surface area contributed by atoms with Gasteiger partial charge in [-0.1, -0.05) is 24.3 Å². The summed E-state index contributed by atoms with van der Waals surface area (Å²) in [4.78, 5) is 31.5. The van der Waals surface area contributed by atoms with Crippen LogP contribution in [-0.4, -0.2) is 40.0 Å². The largest absolute Gasteiger partial charge is 0.478 e. The molecule has 5 nitrogen and oxygen atoms in total. The summed E-state index contributed by atoms with van der Waals surface area (Å²) in [7, 11) is 0. The quantitative estimate of drug-likeness (QED) is 0.477. The molecule has 0 saturated carbocycles. The first-order chi connectivity index (χ1) is 16.0. The molecule has 1 saturated heterocycles. The van der Waals surface area contributed by atoms with Crippen molar-refractivity contribution in [3.05, 3.63) is 75.3 Å². The van der Waals surface area contributed by atoms with E-state index >= 15 is 0 Å². The Bertz CT molecular complexity index is 1240. The smallest absolute Gasteiger partial charge is 0.416 e. The van der Waals surface area contributed by atoms with Gasteiger partial charge in [0.25, 0.3) is 5.91 Å². The molecule has 1 aromatic heterocycles. The highest BCUT2D eigenvalue weighted by molar-refractivity contribution is 7.17. The molecule has 2 heterocycles. The molecule has 1 N–H and O–H groups in total. The van der Waals surface area contributed by atoms with Crippen molar-refractivity contribution in [3.8, 4) is 10.6 Å². The van der Waals surface area contributed by atoms with Crippen LogP contribution < -0.4 is 0 Å². The molecular formula is C25H23F3N2O3S. The first-order valence-electron chi connectivity index (χ1n) is 10.8. The number of aromatic carboxylic acids is 1. The molecule has 1 unspecified atom stereocenters. The molecule has 0 spiro atoms. The van der Waals surface area contributed by atoms with E-state index in [1.54, 1.807) is 30.9 Å². The Balaban J connectivity index is 1.54. The number of likely N-dealkylation sites (tertiary alicyclic amines) is 1. The van der Waals surface area contributed by atoms with E-state index in [2.05, 4.69) is 4.98 Å². The van der Waals surface area contributed by atoms with E-state index in [1.807, 2.05) is 6.07 Å². The normalized spacial score (nSPS) is 16.5. The second-order valence-corrected chi connectivity index (χ2v) is 9.48. The summed E-state index contributed by atoms with van der Waals surface area (Å²) in [5.41, 5.74) is 2.18. The van der Waals surface area contributed by atoms with Gasteiger partial charge >= 0.3 is 12.1 Å². The second-order valence-electron chi connectivity index (χ2n) is 8.48.